The summed E-state index contributed by atoms with van der Waals surface area (Å²) < 4.78 is 0. The molecule has 1 aromatic carbocycles. The Hall–Kier alpha value is -1.12. The normalized spacial score (nSPS) is 21.0. The Kier molecular flexibility index (Phi) is 3.19. The summed E-state index contributed by atoms with van der Waals surface area (Å²) in [6, 6.07) is 8.53. The van der Waals surface area contributed by atoms with Gasteiger partial charge in [0.1, 0.15) is 0 Å². The minimum Gasteiger partial charge on any atom is -0.313 e. The van der Waals surface area contributed by atoms with Crippen molar-refractivity contribution in [2.24, 2.45) is 0 Å². The maximum Gasteiger partial charge on any atom is 0.0605 e. The van der Waals surface area contributed by atoms with Gasteiger partial charge in [0, 0.05) is 6.54 Å². The largest absolute Gasteiger partial charge is 0.313 e. The van der Waals surface area contributed by atoms with Crippen molar-refractivity contribution in [1.82, 2.24) is 5.06 Å². The van der Waals surface area contributed by atoms with Gasteiger partial charge in [0.05, 0.1) is 6.04 Å². The minimum absolute atomic E-state index is 0.146. The SMILES string of the molecule is C=CCCC1c2ccccc2CCN1O. The first-order valence-electron chi connectivity index (χ1n) is 5.47. The van der Waals surface area contributed by atoms with Crippen molar-refractivity contribution in [3.63, 3.8) is 0 Å². The highest BCUT2D eigenvalue weighted by Crippen LogP contribution is 2.31. The van der Waals surface area contributed by atoms with Crippen LogP contribution in [0.3, 0.4) is 0 Å². The molecule has 0 radical (unpaired) electrons. The minimum atomic E-state index is 0.146. The molecule has 0 aromatic heterocycles. The van der Waals surface area contributed by atoms with E-state index in [9.17, 15) is 5.21 Å². The molecule has 1 heterocycles. The molecule has 0 spiro atoms. The zero-order valence-corrected chi connectivity index (χ0v) is 8.89. The summed E-state index contributed by atoms with van der Waals surface area (Å²) >= 11 is 0. The number of hydroxylamine groups is 2. The van der Waals surface area contributed by atoms with E-state index in [-0.39, 0.29) is 6.04 Å². The van der Waals surface area contributed by atoms with Crippen LogP contribution in [0.5, 0.6) is 0 Å². The smallest absolute Gasteiger partial charge is 0.0605 e. The van der Waals surface area contributed by atoms with E-state index in [2.05, 4.69) is 24.8 Å². The molecule has 2 heteroatoms. The molecule has 0 bridgehead atoms. The molecular weight excluding hydrogens is 186 g/mol. The van der Waals surface area contributed by atoms with Crippen LogP contribution >= 0.6 is 0 Å². The summed E-state index contributed by atoms with van der Waals surface area (Å²) in [6.45, 7) is 4.46. The highest BCUT2D eigenvalue weighted by atomic mass is 16.5. The number of rotatable bonds is 3. The molecule has 1 N–H and O–H groups in total. The Bertz CT molecular complexity index is 348. The zero-order chi connectivity index (χ0) is 10.7. The molecular formula is C13H17NO. The van der Waals surface area contributed by atoms with Gasteiger partial charge in [-0.15, -0.1) is 6.58 Å². The van der Waals surface area contributed by atoms with Crippen molar-refractivity contribution < 1.29 is 5.21 Å². The molecule has 0 aliphatic carbocycles. The van der Waals surface area contributed by atoms with Gasteiger partial charge in [0.15, 0.2) is 0 Å². The van der Waals surface area contributed by atoms with Crippen molar-refractivity contribution in [2.75, 3.05) is 6.54 Å². The number of nitrogens with zero attached hydrogens (tertiary/aromatic N) is 1. The molecule has 1 atom stereocenters. The summed E-state index contributed by atoms with van der Waals surface area (Å²) in [7, 11) is 0. The number of allylic oxidation sites excluding steroid dienone is 1. The predicted molar refractivity (Wildman–Crippen MR) is 60.8 cm³/mol. The Balaban J connectivity index is 2.24. The third-order valence-electron chi connectivity index (χ3n) is 3.03. The maximum atomic E-state index is 9.84. The highest BCUT2D eigenvalue weighted by Gasteiger charge is 2.24. The molecule has 2 rings (SSSR count). The second-order valence-electron chi connectivity index (χ2n) is 3.99. The molecule has 1 unspecified atom stereocenters. The Morgan fingerprint density at radius 1 is 1.47 bits per heavy atom. The molecule has 2 nitrogen and oxygen atoms in total. The van der Waals surface area contributed by atoms with Crippen LogP contribution in [0.4, 0.5) is 0 Å². The van der Waals surface area contributed by atoms with Gasteiger partial charge in [-0.05, 0) is 30.4 Å². The summed E-state index contributed by atoms with van der Waals surface area (Å²) in [6.07, 6.45) is 4.73. The van der Waals surface area contributed by atoms with Crippen LogP contribution in [0.25, 0.3) is 0 Å². The third-order valence-corrected chi connectivity index (χ3v) is 3.03. The Morgan fingerprint density at radius 3 is 3.07 bits per heavy atom. The van der Waals surface area contributed by atoms with E-state index in [4.69, 9.17) is 0 Å². The van der Waals surface area contributed by atoms with Gasteiger partial charge in [0.2, 0.25) is 0 Å². The van der Waals surface area contributed by atoms with Crippen molar-refractivity contribution in [3.05, 3.63) is 48.0 Å². The van der Waals surface area contributed by atoms with E-state index in [1.54, 1.807) is 0 Å². The molecule has 1 aliphatic heterocycles. The number of hydrogen-bond acceptors (Lipinski definition) is 2. The molecule has 1 aromatic rings. The fourth-order valence-electron chi connectivity index (χ4n) is 2.22. The van der Waals surface area contributed by atoms with Crippen LogP contribution in [-0.4, -0.2) is 16.8 Å². The molecule has 0 saturated carbocycles. The fourth-order valence-corrected chi connectivity index (χ4v) is 2.22. The topological polar surface area (TPSA) is 23.5 Å². The van der Waals surface area contributed by atoms with E-state index >= 15 is 0 Å². The first-order chi connectivity index (χ1) is 7.33. The van der Waals surface area contributed by atoms with E-state index in [0.717, 1.165) is 25.8 Å². The maximum absolute atomic E-state index is 9.84. The lowest BCUT2D eigenvalue weighted by Gasteiger charge is -2.32. The van der Waals surface area contributed by atoms with Gasteiger partial charge in [-0.2, -0.15) is 5.06 Å². The third kappa shape index (κ3) is 2.11. The molecule has 1 aliphatic rings. The summed E-state index contributed by atoms with van der Waals surface area (Å²) in [4.78, 5) is 0. The zero-order valence-electron chi connectivity index (χ0n) is 8.89. The molecule has 0 amide bonds. The summed E-state index contributed by atoms with van der Waals surface area (Å²) in [5.74, 6) is 0. The number of hydrogen-bond donors (Lipinski definition) is 1. The lowest BCUT2D eigenvalue weighted by molar-refractivity contribution is -0.135. The van der Waals surface area contributed by atoms with E-state index in [0.29, 0.717) is 0 Å². The van der Waals surface area contributed by atoms with Crippen LogP contribution in [-0.2, 0) is 6.42 Å². The molecule has 0 fully saturated rings. The van der Waals surface area contributed by atoms with Crippen LogP contribution in [0, 0.1) is 0 Å². The monoisotopic (exact) mass is 203 g/mol. The second-order valence-corrected chi connectivity index (χ2v) is 3.99. The average molecular weight is 203 g/mol. The van der Waals surface area contributed by atoms with Crippen LogP contribution in [0.15, 0.2) is 36.9 Å². The molecule has 15 heavy (non-hydrogen) atoms. The van der Waals surface area contributed by atoms with Crippen molar-refractivity contribution in [1.29, 1.82) is 0 Å². The van der Waals surface area contributed by atoms with E-state index < -0.39 is 0 Å². The first kappa shape index (κ1) is 10.4. The van der Waals surface area contributed by atoms with Gasteiger partial charge in [-0.3, -0.25) is 0 Å². The van der Waals surface area contributed by atoms with Crippen LogP contribution in [0.2, 0.25) is 0 Å². The second kappa shape index (κ2) is 4.60. The van der Waals surface area contributed by atoms with Gasteiger partial charge in [-0.1, -0.05) is 30.3 Å². The molecule has 0 saturated heterocycles. The van der Waals surface area contributed by atoms with Crippen LogP contribution in [0.1, 0.15) is 30.0 Å². The van der Waals surface area contributed by atoms with Gasteiger partial charge in [-0.25, -0.2) is 0 Å². The number of benzene rings is 1. The van der Waals surface area contributed by atoms with Gasteiger partial charge in [0.25, 0.3) is 0 Å². The average Bonchev–Trinajstić information content (AvgIpc) is 2.28. The van der Waals surface area contributed by atoms with Crippen molar-refractivity contribution >= 4 is 0 Å². The first-order valence-corrected chi connectivity index (χ1v) is 5.47. The fraction of sp³-hybridized carbons (Fsp3) is 0.385. The standard InChI is InChI=1S/C13H17NO/c1-2-3-8-13-12-7-5-4-6-11(12)9-10-14(13)15/h2,4-7,13,15H,1,3,8-10H2. The highest BCUT2D eigenvalue weighted by molar-refractivity contribution is 5.32. The Labute approximate surface area is 90.8 Å². The predicted octanol–water partition coefficient (Wildman–Crippen LogP) is 2.94. The van der Waals surface area contributed by atoms with E-state index in [1.165, 1.54) is 16.2 Å². The van der Waals surface area contributed by atoms with E-state index in [1.807, 2.05) is 12.1 Å². The summed E-state index contributed by atoms with van der Waals surface area (Å²) in [5.41, 5.74) is 2.64. The molecule has 80 valence electrons. The van der Waals surface area contributed by atoms with Crippen molar-refractivity contribution in [3.8, 4) is 0 Å². The quantitative estimate of drug-likeness (QED) is 0.763. The summed E-state index contributed by atoms with van der Waals surface area (Å²) in [5, 5.41) is 11.3. The Morgan fingerprint density at radius 2 is 2.27 bits per heavy atom. The lowest BCUT2D eigenvalue weighted by Crippen LogP contribution is -2.32. The van der Waals surface area contributed by atoms with Crippen molar-refractivity contribution in [2.45, 2.75) is 25.3 Å². The number of fused-ring (bicyclic) bond motifs is 1. The lowest BCUT2D eigenvalue weighted by atomic mass is 9.91. The van der Waals surface area contributed by atoms with Crippen LogP contribution < -0.4 is 0 Å². The van der Waals surface area contributed by atoms with Gasteiger partial charge < -0.3 is 5.21 Å². The van der Waals surface area contributed by atoms with Gasteiger partial charge >= 0.3 is 0 Å².